The summed E-state index contributed by atoms with van der Waals surface area (Å²) < 4.78 is 6.75. The molecule has 5 aromatic rings. The van der Waals surface area contributed by atoms with Gasteiger partial charge in [0.15, 0.2) is 0 Å². The summed E-state index contributed by atoms with van der Waals surface area (Å²) in [5.41, 5.74) is 5.41. The van der Waals surface area contributed by atoms with Crippen LogP contribution in [-0.2, 0) is 22.5 Å². The predicted octanol–water partition coefficient (Wildman–Crippen LogP) is 7.13. The lowest BCUT2D eigenvalue weighted by Gasteiger charge is -2.36. The average molecular weight is 753 g/mol. The lowest BCUT2D eigenvalue weighted by atomic mass is 9.99. The first kappa shape index (κ1) is 38.5. The first-order chi connectivity index (χ1) is 25.9. The number of anilines is 2. The van der Waals surface area contributed by atoms with Crippen molar-refractivity contribution in [1.82, 2.24) is 10.3 Å². The van der Waals surface area contributed by atoms with Gasteiger partial charge < -0.3 is 35.1 Å². The molecule has 11 nitrogen and oxygen atoms in total. The summed E-state index contributed by atoms with van der Waals surface area (Å²) in [6.45, 7) is 2.49. The highest BCUT2D eigenvalue weighted by atomic mass is 35.5. The molecule has 54 heavy (non-hydrogen) atoms. The van der Waals surface area contributed by atoms with Crippen LogP contribution in [0.25, 0.3) is 22.0 Å². The van der Waals surface area contributed by atoms with Gasteiger partial charge in [0.2, 0.25) is 11.5 Å². The van der Waals surface area contributed by atoms with E-state index in [1.807, 2.05) is 54.6 Å². The van der Waals surface area contributed by atoms with Crippen LogP contribution in [0.15, 0.2) is 95.8 Å². The predicted molar refractivity (Wildman–Crippen MR) is 213 cm³/mol. The highest BCUT2D eigenvalue weighted by molar-refractivity contribution is 6.31. The number of hydrogen-bond acceptors (Lipinski definition) is 7. The Morgan fingerprint density at radius 1 is 0.963 bits per heavy atom. The highest BCUT2D eigenvalue weighted by Crippen LogP contribution is 2.31. The Kier molecular flexibility index (Phi) is 12.3. The van der Waals surface area contributed by atoms with Crippen molar-refractivity contribution >= 4 is 45.9 Å². The van der Waals surface area contributed by atoms with Crippen LogP contribution >= 0.6 is 11.6 Å². The number of amides is 2. The molecule has 0 aliphatic carbocycles. The van der Waals surface area contributed by atoms with Crippen molar-refractivity contribution < 1.29 is 29.0 Å². The molecule has 0 radical (unpaired) electrons. The number of rotatable bonds is 13. The normalized spacial score (nSPS) is 14.7. The fraction of sp³-hybridized carbons (Fsp3) is 0.310. The third kappa shape index (κ3) is 10.1. The number of benzene rings is 4. The second-order valence-electron chi connectivity index (χ2n) is 14.5. The fourth-order valence-electron chi connectivity index (χ4n) is 6.82. The lowest BCUT2D eigenvalue weighted by molar-refractivity contribution is -0.896. The molecule has 1 aromatic heterocycles. The van der Waals surface area contributed by atoms with E-state index in [2.05, 4.69) is 35.0 Å². The smallest absolute Gasteiger partial charge is 0.411 e. The molecule has 282 valence electrons. The molecule has 1 aliphatic rings. The molecular formula is C42H47ClN5O6+. The number of quaternary nitrogens is 1. The van der Waals surface area contributed by atoms with Gasteiger partial charge in [-0.2, -0.15) is 0 Å². The van der Waals surface area contributed by atoms with Gasteiger partial charge in [-0.1, -0.05) is 66.2 Å². The van der Waals surface area contributed by atoms with Gasteiger partial charge in [-0.25, -0.2) is 4.79 Å². The maximum Gasteiger partial charge on any atom is 0.411 e. The third-order valence-corrected chi connectivity index (χ3v) is 10.3. The quantitative estimate of drug-likeness (QED) is 0.0701. The van der Waals surface area contributed by atoms with E-state index in [0.29, 0.717) is 53.2 Å². The number of hydrogen-bond donors (Lipinski definition) is 6. The van der Waals surface area contributed by atoms with Gasteiger partial charge >= 0.3 is 6.09 Å². The van der Waals surface area contributed by atoms with Crippen LogP contribution in [-0.4, -0.2) is 71.5 Å². The van der Waals surface area contributed by atoms with Crippen LogP contribution in [0.5, 0.6) is 5.75 Å². The average Bonchev–Trinajstić information content (AvgIpc) is 3.14. The van der Waals surface area contributed by atoms with E-state index >= 15 is 0 Å². The van der Waals surface area contributed by atoms with Crippen LogP contribution in [0.2, 0.25) is 5.02 Å². The Morgan fingerprint density at radius 2 is 1.74 bits per heavy atom. The number of H-pyrrole nitrogens is 1. The number of halogens is 1. The molecule has 0 spiro atoms. The number of aromatic nitrogens is 1. The number of fused-ring (bicyclic) bond motifs is 1. The van der Waals surface area contributed by atoms with E-state index in [0.717, 1.165) is 52.7 Å². The number of aromatic hydroxyl groups is 1. The standard InChI is InChI=1S/C42H46ClN5O6/c1-48(2)21-19-31(20-22-48)54-42(53)46-36-23-27(11-14-32(36)28-8-4-3-5-9-28)7-6-10-39(51)45-30-13-12-29(35(43)24-30)25-44-26-38(50)33-15-17-37(49)41-34(33)16-18-40(52)47-41/h3-5,8-9,11-18,23-24,31,38,44,50H,6-7,10,19-22,25-26H2,1-2H3,(H3-,45,46,47,49,51,52,53)/p+1/t38-/m0/s1. The van der Waals surface area contributed by atoms with Crippen molar-refractivity contribution in [2.75, 3.05) is 44.4 Å². The first-order valence-corrected chi connectivity index (χ1v) is 18.6. The second kappa shape index (κ2) is 17.3. The number of piperidine rings is 1. The maximum absolute atomic E-state index is 13.0. The summed E-state index contributed by atoms with van der Waals surface area (Å²) >= 11 is 6.56. The van der Waals surface area contributed by atoms with E-state index in [1.165, 1.54) is 12.1 Å². The molecule has 6 N–H and O–H groups in total. The Balaban J connectivity index is 0.995. The minimum absolute atomic E-state index is 0.0697. The van der Waals surface area contributed by atoms with Crippen molar-refractivity contribution in [2.45, 2.75) is 50.9 Å². The molecular weight excluding hydrogens is 706 g/mol. The first-order valence-electron chi connectivity index (χ1n) is 18.2. The van der Waals surface area contributed by atoms with Crippen molar-refractivity contribution in [3.8, 4) is 16.9 Å². The zero-order valence-electron chi connectivity index (χ0n) is 30.5. The molecule has 0 bridgehead atoms. The van der Waals surface area contributed by atoms with Crippen LogP contribution in [0.4, 0.5) is 16.2 Å². The van der Waals surface area contributed by atoms with E-state index in [9.17, 15) is 24.6 Å². The van der Waals surface area contributed by atoms with Gasteiger partial charge in [0.05, 0.1) is 44.5 Å². The number of pyridine rings is 1. The van der Waals surface area contributed by atoms with E-state index < -0.39 is 12.2 Å². The minimum atomic E-state index is -0.906. The molecule has 12 heteroatoms. The zero-order chi connectivity index (χ0) is 38.2. The number of phenolic OH excluding ortho intramolecular Hbond substituents is 1. The van der Waals surface area contributed by atoms with Crippen LogP contribution in [0.3, 0.4) is 0 Å². The molecule has 6 rings (SSSR count). The number of aryl methyl sites for hydroxylation is 1. The van der Waals surface area contributed by atoms with Gasteiger partial charge in [0.1, 0.15) is 11.9 Å². The molecule has 1 saturated heterocycles. The summed E-state index contributed by atoms with van der Waals surface area (Å²) in [4.78, 5) is 40.2. The molecule has 1 atom stereocenters. The van der Waals surface area contributed by atoms with Gasteiger partial charge in [-0.05, 0) is 65.4 Å². The maximum atomic E-state index is 13.0. The second-order valence-corrected chi connectivity index (χ2v) is 14.9. The molecule has 4 aromatic carbocycles. The van der Waals surface area contributed by atoms with Crippen LogP contribution in [0.1, 0.15) is 48.5 Å². The number of carbonyl (C=O) groups excluding carboxylic acids is 2. The summed E-state index contributed by atoms with van der Waals surface area (Å²) in [5.74, 6) is -0.209. The SMILES string of the molecule is C[N+]1(C)CCC(OC(=O)Nc2cc(CCCC(=O)Nc3ccc(CNC[C@H](O)c4ccc(O)c5[nH]c(=O)ccc45)c(Cl)c3)ccc2-c2ccccc2)CC1. The monoisotopic (exact) mass is 752 g/mol. The van der Waals surface area contributed by atoms with Crippen LogP contribution in [0, 0.1) is 0 Å². The summed E-state index contributed by atoms with van der Waals surface area (Å²) in [6, 6.07) is 27.2. The van der Waals surface area contributed by atoms with Gasteiger partial charge in [-0.3, -0.25) is 14.9 Å². The number of likely N-dealkylation sites (tertiary alicyclic amines) is 1. The number of aromatic amines is 1. The largest absolute Gasteiger partial charge is 0.506 e. The highest BCUT2D eigenvalue weighted by Gasteiger charge is 2.28. The zero-order valence-corrected chi connectivity index (χ0v) is 31.3. The fourth-order valence-corrected chi connectivity index (χ4v) is 7.07. The number of nitrogens with one attached hydrogen (secondary N) is 4. The van der Waals surface area contributed by atoms with Gasteiger partial charge in [-0.15, -0.1) is 0 Å². The molecule has 2 heterocycles. The van der Waals surface area contributed by atoms with Crippen molar-refractivity contribution in [1.29, 1.82) is 0 Å². The molecule has 1 aliphatic heterocycles. The Morgan fingerprint density at radius 3 is 2.50 bits per heavy atom. The van der Waals surface area contributed by atoms with E-state index in [4.69, 9.17) is 16.3 Å². The van der Waals surface area contributed by atoms with Crippen molar-refractivity contribution in [3.63, 3.8) is 0 Å². The third-order valence-electron chi connectivity index (χ3n) is 9.92. The number of aliphatic hydroxyl groups is 1. The Bertz CT molecular complexity index is 2160. The summed E-state index contributed by atoms with van der Waals surface area (Å²) in [5, 5.41) is 31.1. The minimum Gasteiger partial charge on any atom is -0.506 e. The van der Waals surface area contributed by atoms with Gasteiger partial charge in [0, 0.05) is 60.1 Å². The van der Waals surface area contributed by atoms with E-state index in [1.54, 1.807) is 24.3 Å². The number of phenols is 1. The van der Waals surface area contributed by atoms with Gasteiger partial charge in [0.25, 0.3) is 0 Å². The molecule has 1 fully saturated rings. The Hall–Kier alpha value is -5.20. The molecule has 0 saturated carbocycles. The molecule has 0 unspecified atom stereocenters. The summed E-state index contributed by atoms with van der Waals surface area (Å²) in [7, 11) is 4.38. The van der Waals surface area contributed by atoms with E-state index in [-0.39, 0.29) is 35.4 Å². The number of ether oxygens (including phenoxy) is 1. The summed E-state index contributed by atoms with van der Waals surface area (Å²) in [6.07, 6.45) is 1.73. The van der Waals surface area contributed by atoms with Crippen LogP contribution < -0.4 is 21.5 Å². The number of carbonyl (C=O) groups is 2. The topological polar surface area (TPSA) is 153 Å². The number of aliphatic hydroxyl groups excluding tert-OH is 1. The number of nitrogens with zero attached hydrogens (tertiary/aromatic N) is 1. The Labute approximate surface area is 319 Å². The lowest BCUT2D eigenvalue weighted by Crippen LogP contribution is -2.48. The van der Waals surface area contributed by atoms with Crippen molar-refractivity contribution in [3.05, 3.63) is 123 Å². The van der Waals surface area contributed by atoms with Crippen molar-refractivity contribution in [2.24, 2.45) is 0 Å². The molecule has 2 amide bonds.